The molecule has 0 atom stereocenters. The number of benzene rings is 1. The van der Waals surface area contributed by atoms with Gasteiger partial charge in [0.05, 0.1) is 24.4 Å². The molecule has 20 heavy (non-hydrogen) atoms. The normalized spacial score (nSPS) is 16.9. The highest BCUT2D eigenvalue weighted by atomic mass is 16.6. The Kier molecular flexibility index (Phi) is 3.76. The summed E-state index contributed by atoms with van der Waals surface area (Å²) in [5.74, 6) is -0.0137. The molecule has 0 unspecified atom stereocenters. The molecule has 0 aliphatic carbocycles. The summed E-state index contributed by atoms with van der Waals surface area (Å²) >= 11 is 0. The molecular formula is C14H18N2O4. The van der Waals surface area contributed by atoms with E-state index in [-0.39, 0.29) is 23.9 Å². The van der Waals surface area contributed by atoms with Gasteiger partial charge in [0.1, 0.15) is 5.60 Å². The SMILES string of the molecule is CC(C)C1(O)CN(C(=O)Cc2cccc([N+](=O)[O-])c2)C1. The molecule has 108 valence electrons. The van der Waals surface area contributed by atoms with Gasteiger partial charge in [-0.25, -0.2) is 0 Å². The van der Waals surface area contributed by atoms with Crippen LogP contribution in [0.3, 0.4) is 0 Å². The Morgan fingerprint density at radius 2 is 2.15 bits per heavy atom. The number of carbonyl (C=O) groups excluding carboxylic acids is 1. The lowest BCUT2D eigenvalue weighted by atomic mass is 9.83. The fourth-order valence-corrected chi connectivity index (χ4v) is 2.22. The van der Waals surface area contributed by atoms with Crippen molar-refractivity contribution in [3.05, 3.63) is 39.9 Å². The number of nitrogens with zero attached hydrogens (tertiary/aromatic N) is 2. The molecule has 1 amide bonds. The zero-order valence-electron chi connectivity index (χ0n) is 11.6. The summed E-state index contributed by atoms with van der Waals surface area (Å²) in [5.41, 5.74) is -0.194. The van der Waals surface area contributed by atoms with Crippen LogP contribution in [0.25, 0.3) is 0 Å². The number of aliphatic hydroxyl groups is 1. The predicted molar refractivity (Wildman–Crippen MR) is 73.2 cm³/mol. The van der Waals surface area contributed by atoms with Crippen molar-refractivity contribution in [2.75, 3.05) is 13.1 Å². The lowest BCUT2D eigenvalue weighted by Crippen LogP contribution is -2.66. The van der Waals surface area contributed by atoms with Crippen LogP contribution in [0, 0.1) is 16.0 Å². The van der Waals surface area contributed by atoms with Crippen LogP contribution in [0.2, 0.25) is 0 Å². The number of nitro benzene ring substituents is 1. The van der Waals surface area contributed by atoms with Crippen molar-refractivity contribution in [2.24, 2.45) is 5.92 Å². The monoisotopic (exact) mass is 278 g/mol. The van der Waals surface area contributed by atoms with Crippen molar-refractivity contribution >= 4 is 11.6 Å². The quantitative estimate of drug-likeness (QED) is 0.666. The van der Waals surface area contributed by atoms with E-state index >= 15 is 0 Å². The molecule has 2 rings (SSSR count). The van der Waals surface area contributed by atoms with Gasteiger partial charge in [0, 0.05) is 12.1 Å². The molecule has 1 heterocycles. The molecule has 1 saturated heterocycles. The number of rotatable bonds is 4. The molecule has 1 aliphatic heterocycles. The van der Waals surface area contributed by atoms with Crippen LogP contribution in [0.1, 0.15) is 19.4 Å². The number of amides is 1. The third-order valence-electron chi connectivity index (χ3n) is 3.83. The van der Waals surface area contributed by atoms with Gasteiger partial charge < -0.3 is 10.0 Å². The van der Waals surface area contributed by atoms with Crippen LogP contribution in [-0.4, -0.2) is 39.5 Å². The summed E-state index contributed by atoms with van der Waals surface area (Å²) in [6.07, 6.45) is 0.121. The van der Waals surface area contributed by atoms with Gasteiger partial charge >= 0.3 is 0 Å². The molecule has 0 spiro atoms. The highest BCUT2D eigenvalue weighted by molar-refractivity contribution is 5.80. The second-order valence-electron chi connectivity index (χ2n) is 5.61. The summed E-state index contributed by atoms with van der Waals surface area (Å²) in [6.45, 7) is 4.50. The van der Waals surface area contributed by atoms with Crippen LogP contribution in [0.4, 0.5) is 5.69 Å². The van der Waals surface area contributed by atoms with Gasteiger partial charge in [0.2, 0.25) is 5.91 Å². The fourth-order valence-electron chi connectivity index (χ4n) is 2.22. The van der Waals surface area contributed by atoms with Crippen molar-refractivity contribution in [3.8, 4) is 0 Å². The van der Waals surface area contributed by atoms with E-state index in [1.165, 1.54) is 12.1 Å². The Bertz CT molecular complexity index is 536. The van der Waals surface area contributed by atoms with Crippen molar-refractivity contribution in [1.82, 2.24) is 4.90 Å². The van der Waals surface area contributed by atoms with Crippen LogP contribution in [-0.2, 0) is 11.2 Å². The van der Waals surface area contributed by atoms with Gasteiger partial charge in [-0.2, -0.15) is 0 Å². The van der Waals surface area contributed by atoms with E-state index in [4.69, 9.17) is 0 Å². The first-order valence-corrected chi connectivity index (χ1v) is 6.55. The first kappa shape index (κ1) is 14.5. The molecule has 1 fully saturated rings. The van der Waals surface area contributed by atoms with E-state index in [0.717, 1.165) is 0 Å². The third-order valence-corrected chi connectivity index (χ3v) is 3.83. The Morgan fingerprint density at radius 1 is 1.50 bits per heavy atom. The Morgan fingerprint density at radius 3 is 2.70 bits per heavy atom. The van der Waals surface area contributed by atoms with E-state index < -0.39 is 10.5 Å². The number of carbonyl (C=O) groups is 1. The molecule has 1 N–H and O–H groups in total. The first-order valence-electron chi connectivity index (χ1n) is 6.55. The first-order chi connectivity index (χ1) is 9.32. The number of hydrogen-bond donors (Lipinski definition) is 1. The van der Waals surface area contributed by atoms with Gasteiger partial charge in [0.15, 0.2) is 0 Å². The van der Waals surface area contributed by atoms with E-state index in [0.29, 0.717) is 18.7 Å². The second-order valence-corrected chi connectivity index (χ2v) is 5.61. The van der Waals surface area contributed by atoms with Crippen molar-refractivity contribution in [3.63, 3.8) is 0 Å². The number of likely N-dealkylation sites (tertiary alicyclic amines) is 1. The van der Waals surface area contributed by atoms with Crippen molar-refractivity contribution in [2.45, 2.75) is 25.9 Å². The molecule has 0 bridgehead atoms. The maximum absolute atomic E-state index is 12.0. The summed E-state index contributed by atoms with van der Waals surface area (Å²) in [7, 11) is 0. The van der Waals surface area contributed by atoms with E-state index in [1.807, 2.05) is 13.8 Å². The van der Waals surface area contributed by atoms with E-state index in [1.54, 1.807) is 17.0 Å². The highest BCUT2D eigenvalue weighted by Gasteiger charge is 2.45. The maximum atomic E-state index is 12.0. The largest absolute Gasteiger partial charge is 0.386 e. The van der Waals surface area contributed by atoms with Gasteiger partial charge in [-0.3, -0.25) is 14.9 Å². The van der Waals surface area contributed by atoms with Crippen molar-refractivity contribution < 1.29 is 14.8 Å². The smallest absolute Gasteiger partial charge is 0.269 e. The summed E-state index contributed by atoms with van der Waals surface area (Å²) < 4.78 is 0. The molecule has 6 heteroatoms. The minimum atomic E-state index is -0.793. The summed E-state index contributed by atoms with van der Waals surface area (Å²) in [4.78, 5) is 23.8. The Labute approximate surface area is 117 Å². The summed E-state index contributed by atoms with van der Waals surface area (Å²) in [6, 6.07) is 6.07. The predicted octanol–water partition coefficient (Wildman–Crippen LogP) is 1.37. The average molecular weight is 278 g/mol. The van der Waals surface area contributed by atoms with Crippen LogP contribution >= 0.6 is 0 Å². The average Bonchev–Trinajstić information content (AvgIpc) is 2.34. The van der Waals surface area contributed by atoms with E-state index in [9.17, 15) is 20.0 Å². The number of β-amino-alcohol motifs (C(OH)–C–C–N with tert-alkyl or cyclic N) is 1. The van der Waals surface area contributed by atoms with Crippen LogP contribution in [0.15, 0.2) is 24.3 Å². The van der Waals surface area contributed by atoms with Gasteiger partial charge in [0.25, 0.3) is 5.69 Å². The van der Waals surface area contributed by atoms with Crippen molar-refractivity contribution in [1.29, 1.82) is 0 Å². The van der Waals surface area contributed by atoms with Crippen LogP contribution < -0.4 is 0 Å². The molecule has 1 aromatic rings. The summed E-state index contributed by atoms with van der Waals surface area (Å²) in [5, 5.41) is 20.8. The third kappa shape index (κ3) is 2.80. The molecule has 0 aromatic heterocycles. The lowest BCUT2D eigenvalue weighted by molar-refractivity contribution is -0.384. The van der Waals surface area contributed by atoms with Gasteiger partial charge in [-0.05, 0) is 11.5 Å². The molecule has 0 saturated carbocycles. The maximum Gasteiger partial charge on any atom is 0.269 e. The molecule has 1 aromatic carbocycles. The number of non-ortho nitro benzene ring substituents is 1. The zero-order chi connectivity index (χ0) is 14.9. The second kappa shape index (κ2) is 5.20. The molecule has 1 aliphatic rings. The molecular weight excluding hydrogens is 260 g/mol. The number of nitro groups is 1. The zero-order valence-corrected chi connectivity index (χ0v) is 11.6. The lowest BCUT2D eigenvalue weighted by Gasteiger charge is -2.49. The highest BCUT2D eigenvalue weighted by Crippen LogP contribution is 2.29. The van der Waals surface area contributed by atoms with Crippen LogP contribution in [0.5, 0.6) is 0 Å². The molecule has 0 radical (unpaired) electrons. The van der Waals surface area contributed by atoms with Gasteiger partial charge in [-0.15, -0.1) is 0 Å². The minimum absolute atomic E-state index is 0.0161. The Balaban J connectivity index is 1.97. The van der Waals surface area contributed by atoms with E-state index in [2.05, 4.69) is 0 Å². The Hall–Kier alpha value is -1.95. The standard InChI is InChI=1S/C14H18N2O4/c1-10(2)14(18)8-15(9-14)13(17)7-11-4-3-5-12(6-11)16(19)20/h3-6,10,18H,7-9H2,1-2H3. The fraction of sp³-hybridized carbons (Fsp3) is 0.500. The topological polar surface area (TPSA) is 83.7 Å². The molecule has 6 nitrogen and oxygen atoms in total. The van der Waals surface area contributed by atoms with Gasteiger partial charge in [-0.1, -0.05) is 26.0 Å². The number of hydrogen-bond acceptors (Lipinski definition) is 4. The minimum Gasteiger partial charge on any atom is -0.386 e.